The van der Waals surface area contributed by atoms with Gasteiger partial charge in [-0.05, 0) is 47.3 Å². The molecule has 5 heteroatoms. The number of carbonyl (C=O) groups excluding carboxylic acids is 1. The summed E-state index contributed by atoms with van der Waals surface area (Å²) in [6, 6.07) is 3.64. The molecule has 1 aliphatic heterocycles. The normalized spacial score (nSPS) is 29.9. The maximum atomic E-state index is 12.6. The molecule has 1 saturated carbocycles. The fourth-order valence-corrected chi connectivity index (χ4v) is 3.87. The minimum atomic E-state index is -0.545. The lowest BCUT2D eigenvalue weighted by molar-refractivity contribution is -0.0886. The van der Waals surface area contributed by atoms with Crippen LogP contribution in [0.4, 0.5) is 0 Å². The van der Waals surface area contributed by atoms with Crippen LogP contribution in [0, 0.1) is 5.92 Å². The Bertz CT molecular complexity index is 522. The van der Waals surface area contributed by atoms with Crippen LogP contribution < -0.4 is 0 Å². The van der Waals surface area contributed by atoms with E-state index >= 15 is 0 Å². The molecule has 1 aromatic heterocycles. The van der Waals surface area contributed by atoms with Gasteiger partial charge in [0, 0.05) is 29.7 Å². The van der Waals surface area contributed by atoms with Crippen molar-refractivity contribution in [1.82, 2.24) is 9.88 Å². The number of hydrogen-bond acceptors (Lipinski definition) is 3. The number of hydrogen-bond donors (Lipinski definition) is 1. The first-order valence-electron chi connectivity index (χ1n) is 7.22. The molecule has 108 valence electrons. The van der Waals surface area contributed by atoms with Crippen LogP contribution in [0.15, 0.2) is 22.8 Å². The molecule has 0 spiro atoms. The molecular weight excluding hydrogens is 320 g/mol. The summed E-state index contributed by atoms with van der Waals surface area (Å²) in [6.07, 6.45) is 6.48. The molecule has 2 heterocycles. The number of piperidine rings is 1. The van der Waals surface area contributed by atoms with Crippen molar-refractivity contribution in [2.24, 2.45) is 5.92 Å². The first-order valence-corrected chi connectivity index (χ1v) is 8.02. The fourth-order valence-electron chi connectivity index (χ4n) is 3.45. The third kappa shape index (κ3) is 2.49. The molecule has 2 atom stereocenters. The Morgan fingerprint density at radius 1 is 1.45 bits per heavy atom. The van der Waals surface area contributed by atoms with Gasteiger partial charge in [0.05, 0.1) is 5.60 Å². The van der Waals surface area contributed by atoms with Gasteiger partial charge in [0.25, 0.3) is 5.91 Å². The lowest BCUT2D eigenvalue weighted by atomic mass is 9.71. The molecule has 0 radical (unpaired) electrons. The van der Waals surface area contributed by atoms with Gasteiger partial charge in [-0.15, -0.1) is 0 Å². The Kier molecular flexibility index (Phi) is 3.82. The molecule has 20 heavy (non-hydrogen) atoms. The predicted molar refractivity (Wildman–Crippen MR) is 79.4 cm³/mol. The number of likely N-dealkylation sites (tertiary alicyclic amines) is 1. The van der Waals surface area contributed by atoms with E-state index in [-0.39, 0.29) is 11.8 Å². The number of fused-ring (bicyclic) bond motifs is 1. The van der Waals surface area contributed by atoms with Gasteiger partial charge in [-0.2, -0.15) is 0 Å². The van der Waals surface area contributed by atoms with E-state index in [1.807, 2.05) is 11.0 Å². The highest BCUT2D eigenvalue weighted by atomic mass is 79.9. The van der Waals surface area contributed by atoms with Gasteiger partial charge in [-0.25, -0.2) is 4.98 Å². The Balaban J connectivity index is 1.76. The van der Waals surface area contributed by atoms with Crippen LogP contribution in [-0.4, -0.2) is 39.6 Å². The zero-order valence-electron chi connectivity index (χ0n) is 11.4. The van der Waals surface area contributed by atoms with E-state index in [0.717, 1.165) is 30.2 Å². The van der Waals surface area contributed by atoms with Gasteiger partial charge in [0.15, 0.2) is 0 Å². The first kappa shape index (κ1) is 14.0. The monoisotopic (exact) mass is 338 g/mol. The highest BCUT2D eigenvalue weighted by Crippen LogP contribution is 2.40. The zero-order valence-corrected chi connectivity index (χ0v) is 13.0. The molecule has 1 amide bonds. The van der Waals surface area contributed by atoms with Crippen molar-refractivity contribution in [1.29, 1.82) is 0 Å². The molecule has 1 aromatic rings. The second kappa shape index (κ2) is 5.45. The van der Waals surface area contributed by atoms with Crippen molar-refractivity contribution in [2.45, 2.75) is 37.7 Å². The van der Waals surface area contributed by atoms with E-state index in [9.17, 15) is 9.90 Å². The quantitative estimate of drug-likeness (QED) is 0.856. The Morgan fingerprint density at radius 2 is 2.30 bits per heavy atom. The van der Waals surface area contributed by atoms with Crippen LogP contribution >= 0.6 is 15.9 Å². The van der Waals surface area contributed by atoms with Crippen LogP contribution in [0.2, 0.25) is 0 Å². The van der Waals surface area contributed by atoms with E-state index in [1.165, 1.54) is 0 Å². The third-order valence-corrected chi connectivity index (χ3v) is 5.32. The molecular formula is C15H19BrN2O2. The van der Waals surface area contributed by atoms with Crippen LogP contribution in [0.25, 0.3) is 0 Å². The number of amides is 1. The van der Waals surface area contributed by atoms with Crippen molar-refractivity contribution in [2.75, 3.05) is 13.1 Å². The second-order valence-electron chi connectivity index (χ2n) is 5.88. The summed E-state index contributed by atoms with van der Waals surface area (Å²) >= 11 is 3.38. The maximum Gasteiger partial charge on any atom is 0.273 e. The molecule has 4 nitrogen and oxygen atoms in total. The van der Waals surface area contributed by atoms with Gasteiger partial charge < -0.3 is 10.0 Å². The van der Waals surface area contributed by atoms with Gasteiger partial charge in [-0.3, -0.25) is 4.79 Å². The van der Waals surface area contributed by atoms with Crippen molar-refractivity contribution >= 4 is 21.8 Å². The SMILES string of the molecule is O=C(c1ncccc1Br)N1CCC2(O)CCCCC2C1. The molecule has 1 aliphatic carbocycles. The van der Waals surface area contributed by atoms with E-state index in [2.05, 4.69) is 20.9 Å². The molecule has 2 unspecified atom stereocenters. The van der Waals surface area contributed by atoms with Gasteiger partial charge in [0.2, 0.25) is 0 Å². The summed E-state index contributed by atoms with van der Waals surface area (Å²) in [4.78, 5) is 18.6. The summed E-state index contributed by atoms with van der Waals surface area (Å²) in [7, 11) is 0. The highest BCUT2D eigenvalue weighted by molar-refractivity contribution is 9.10. The smallest absolute Gasteiger partial charge is 0.273 e. The van der Waals surface area contributed by atoms with E-state index < -0.39 is 5.60 Å². The largest absolute Gasteiger partial charge is 0.389 e. The third-order valence-electron chi connectivity index (χ3n) is 4.68. The fraction of sp³-hybridized carbons (Fsp3) is 0.600. The number of aliphatic hydroxyl groups is 1. The number of nitrogens with zero attached hydrogens (tertiary/aromatic N) is 2. The first-order chi connectivity index (χ1) is 9.60. The molecule has 2 aliphatic rings. The molecule has 0 aromatic carbocycles. The molecule has 1 N–H and O–H groups in total. The van der Waals surface area contributed by atoms with Crippen LogP contribution in [0.1, 0.15) is 42.6 Å². The maximum absolute atomic E-state index is 12.6. The Labute approximate surface area is 127 Å². The topological polar surface area (TPSA) is 53.4 Å². The van der Waals surface area contributed by atoms with Gasteiger partial charge >= 0.3 is 0 Å². The highest BCUT2D eigenvalue weighted by Gasteiger charge is 2.44. The number of halogens is 1. The zero-order chi connectivity index (χ0) is 14.2. The summed E-state index contributed by atoms with van der Waals surface area (Å²) in [5, 5.41) is 10.7. The number of rotatable bonds is 1. The summed E-state index contributed by atoms with van der Waals surface area (Å²) in [6.45, 7) is 1.27. The van der Waals surface area contributed by atoms with Crippen LogP contribution in [-0.2, 0) is 0 Å². The molecule has 2 fully saturated rings. The van der Waals surface area contributed by atoms with Crippen molar-refractivity contribution in [3.8, 4) is 0 Å². The minimum absolute atomic E-state index is 0.0369. The lowest BCUT2D eigenvalue weighted by Gasteiger charge is -2.47. The summed E-state index contributed by atoms with van der Waals surface area (Å²) in [5.41, 5.74) is -0.0788. The molecule has 0 bridgehead atoms. The predicted octanol–water partition coefficient (Wildman–Crippen LogP) is 2.61. The van der Waals surface area contributed by atoms with Crippen LogP contribution in [0.5, 0.6) is 0 Å². The van der Waals surface area contributed by atoms with Gasteiger partial charge in [-0.1, -0.05) is 12.8 Å². The average Bonchev–Trinajstić information content (AvgIpc) is 2.46. The number of aromatic nitrogens is 1. The van der Waals surface area contributed by atoms with Crippen molar-refractivity contribution in [3.05, 3.63) is 28.5 Å². The van der Waals surface area contributed by atoms with E-state index in [4.69, 9.17) is 0 Å². The molecule has 1 saturated heterocycles. The standard InChI is InChI=1S/C15H19BrN2O2/c16-12-5-3-8-17-13(12)14(19)18-9-7-15(20)6-2-1-4-11(15)10-18/h3,5,8,11,20H,1-2,4,6-7,9-10H2. The van der Waals surface area contributed by atoms with Crippen molar-refractivity contribution < 1.29 is 9.90 Å². The van der Waals surface area contributed by atoms with Gasteiger partial charge in [0.1, 0.15) is 5.69 Å². The summed E-state index contributed by atoms with van der Waals surface area (Å²) < 4.78 is 0.731. The number of carbonyl (C=O) groups is 1. The number of pyridine rings is 1. The average molecular weight is 339 g/mol. The Hall–Kier alpha value is -0.940. The molecule has 3 rings (SSSR count). The lowest BCUT2D eigenvalue weighted by Crippen LogP contribution is -2.54. The van der Waals surface area contributed by atoms with E-state index in [1.54, 1.807) is 12.3 Å². The Morgan fingerprint density at radius 3 is 3.10 bits per heavy atom. The van der Waals surface area contributed by atoms with Crippen LogP contribution in [0.3, 0.4) is 0 Å². The second-order valence-corrected chi connectivity index (χ2v) is 6.74. The van der Waals surface area contributed by atoms with E-state index in [0.29, 0.717) is 25.2 Å². The van der Waals surface area contributed by atoms with Crippen molar-refractivity contribution in [3.63, 3.8) is 0 Å². The summed E-state index contributed by atoms with van der Waals surface area (Å²) in [5.74, 6) is 0.182. The minimum Gasteiger partial charge on any atom is -0.389 e.